The predicted octanol–water partition coefficient (Wildman–Crippen LogP) is 3.99. The molecule has 4 aromatic rings. The minimum atomic E-state index is -3.56. The van der Waals surface area contributed by atoms with Crippen molar-refractivity contribution in [2.45, 2.75) is 36.1 Å². The molecule has 0 radical (unpaired) electrons. The lowest BCUT2D eigenvalue weighted by molar-refractivity contribution is 0.0402. The van der Waals surface area contributed by atoms with Gasteiger partial charge in [-0.3, -0.25) is 9.78 Å². The van der Waals surface area contributed by atoms with Crippen LogP contribution in [0.2, 0.25) is 0 Å². The molecular formula is C29H24F3N5O5S. The van der Waals surface area contributed by atoms with E-state index in [1.807, 2.05) is 0 Å². The van der Waals surface area contributed by atoms with Gasteiger partial charge in [0.15, 0.2) is 21.4 Å². The van der Waals surface area contributed by atoms with E-state index in [-0.39, 0.29) is 54.1 Å². The number of nitrogens with one attached hydrogen (secondary N) is 1. The molecule has 1 N–H and O–H groups in total. The van der Waals surface area contributed by atoms with Crippen LogP contribution in [0.5, 0.6) is 5.75 Å². The highest BCUT2D eigenvalue weighted by Gasteiger charge is 2.75. The van der Waals surface area contributed by atoms with E-state index in [4.69, 9.17) is 14.5 Å². The Morgan fingerprint density at radius 3 is 2.70 bits per heavy atom. The number of ether oxygens (including phenoxy) is 2. The molecule has 1 unspecified atom stereocenters. The molecule has 1 saturated carbocycles. The van der Waals surface area contributed by atoms with E-state index in [2.05, 4.69) is 15.3 Å². The Labute approximate surface area is 243 Å². The second-order valence-corrected chi connectivity index (χ2v) is 12.7. The summed E-state index contributed by atoms with van der Waals surface area (Å²) in [7, 11) is -3.56. The first-order valence-electron chi connectivity index (χ1n) is 13.5. The predicted molar refractivity (Wildman–Crippen MR) is 148 cm³/mol. The highest BCUT2D eigenvalue weighted by molar-refractivity contribution is 7.91. The Morgan fingerprint density at radius 2 is 1.88 bits per heavy atom. The van der Waals surface area contributed by atoms with E-state index in [0.717, 1.165) is 0 Å². The molecule has 222 valence electrons. The summed E-state index contributed by atoms with van der Waals surface area (Å²) < 4.78 is 78.3. The third-order valence-electron chi connectivity index (χ3n) is 7.73. The number of carbonyl (C=O) groups is 1. The first kappa shape index (κ1) is 27.5. The minimum absolute atomic E-state index is 0.0473. The Morgan fingerprint density at radius 1 is 1.05 bits per heavy atom. The smallest absolute Gasteiger partial charge is 0.291 e. The summed E-state index contributed by atoms with van der Waals surface area (Å²) in [6.45, 7) is 0.899. The Balaban J connectivity index is 1.12. The molecule has 3 aliphatic rings. The first-order valence-corrected chi connectivity index (χ1v) is 15.2. The maximum absolute atomic E-state index is 14.8. The van der Waals surface area contributed by atoms with Gasteiger partial charge in [0.1, 0.15) is 12.4 Å². The number of aromatic nitrogens is 3. The van der Waals surface area contributed by atoms with Gasteiger partial charge in [-0.05, 0) is 48.0 Å². The molecule has 2 aliphatic heterocycles. The number of carbonyl (C=O) groups excluding carboxylic acids is 1. The maximum atomic E-state index is 14.8. The fourth-order valence-corrected chi connectivity index (χ4v) is 6.60. The number of nitrogens with zero attached hydrogens (tertiary/aromatic N) is 4. The number of pyridine rings is 3. The van der Waals surface area contributed by atoms with Gasteiger partial charge in [-0.2, -0.15) is 0 Å². The SMILES string of the molecule is O=C(NCc1cc2nc(N3CCOc4ccc(C5(F)CC5(F)F)nc43)ccc2cn1)c1ccc2c(c1)S(=O)(=O)CCOC2. The highest BCUT2D eigenvalue weighted by Crippen LogP contribution is 2.62. The zero-order valence-electron chi connectivity index (χ0n) is 22.5. The molecular weight excluding hydrogens is 587 g/mol. The Kier molecular flexibility index (Phi) is 6.32. The summed E-state index contributed by atoms with van der Waals surface area (Å²) in [6, 6.07) is 12.4. The molecule has 7 rings (SSSR count). The van der Waals surface area contributed by atoms with Crippen LogP contribution >= 0.6 is 0 Å². The van der Waals surface area contributed by atoms with Gasteiger partial charge in [0, 0.05) is 17.1 Å². The molecule has 0 saturated heterocycles. The topological polar surface area (TPSA) is 124 Å². The molecule has 1 amide bonds. The van der Waals surface area contributed by atoms with Crippen molar-refractivity contribution in [3.63, 3.8) is 0 Å². The average Bonchev–Trinajstić information content (AvgIpc) is 3.59. The number of alkyl halides is 3. The van der Waals surface area contributed by atoms with Crippen molar-refractivity contribution in [1.29, 1.82) is 0 Å². The normalized spacial score (nSPS) is 21.7. The molecule has 1 fully saturated rings. The summed E-state index contributed by atoms with van der Waals surface area (Å²) in [4.78, 5) is 28.0. The minimum Gasteiger partial charge on any atom is -0.488 e. The van der Waals surface area contributed by atoms with Crippen LogP contribution in [0.25, 0.3) is 10.9 Å². The van der Waals surface area contributed by atoms with Crippen molar-refractivity contribution in [1.82, 2.24) is 20.3 Å². The fourth-order valence-electron chi connectivity index (χ4n) is 5.21. The average molecular weight is 612 g/mol. The molecule has 1 aromatic carbocycles. The number of amides is 1. The summed E-state index contributed by atoms with van der Waals surface area (Å²) in [6.07, 6.45) is 0.696. The van der Waals surface area contributed by atoms with Crippen LogP contribution in [0.1, 0.15) is 33.7 Å². The number of hydrogen-bond donors (Lipinski definition) is 1. The molecule has 10 nitrogen and oxygen atoms in total. The highest BCUT2D eigenvalue weighted by atomic mass is 32.2. The Hall–Kier alpha value is -4.30. The molecule has 1 aliphatic carbocycles. The van der Waals surface area contributed by atoms with Crippen molar-refractivity contribution in [2.24, 2.45) is 0 Å². The van der Waals surface area contributed by atoms with Crippen LogP contribution in [0.15, 0.2) is 59.6 Å². The maximum Gasteiger partial charge on any atom is 0.291 e. The van der Waals surface area contributed by atoms with Gasteiger partial charge < -0.3 is 19.7 Å². The van der Waals surface area contributed by atoms with Crippen LogP contribution in [-0.4, -0.2) is 60.7 Å². The van der Waals surface area contributed by atoms with Gasteiger partial charge in [0.25, 0.3) is 11.8 Å². The third kappa shape index (κ3) is 4.83. The lowest BCUT2D eigenvalue weighted by atomic mass is 10.1. The van der Waals surface area contributed by atoms with E-state index in [9.17, 15) is 26.4 Å². The van der Waals surface area contributed by atoms with E-state index in [1.165, 1.54) is 18.2 Å². The van der Waals surface area contributed by atoms with Crippen molar-refractivity contribution in [3.05, 3.63) is 77.2 Å². The summed E-state index contributed by atoms with van der Waals surface area (Å²) in [5.74, 6) is -3.09. The van der Waals surface area contributed by atoms with Gasteiger partial charge in [-0.25, -0.2) is 31.6 Å². The Bertz CT molecular complexity index is 1910. The first-order chi connectivity index (χ1) is 20.5. The number of halogens is 3. The van der Waals surface area contributed by atoms with E-state index >= 15 is 0 Å². The van der Waals surface area contributed by atoms with Crippen LogP contribution in [0.3, 0.4) is 0 Å². The van der Waals surface area contributed by atoms with Crippen molar-refractivity contribution >= 4 is 38.3 Å². The second-order valence-electron chi connectivity index (χ2n) is 10.6. The molecule has 0 spiro atoms. The van der Waals surface area contributed by atoms with Crippen molar-refractivity contribution in [3.8, 4) is 5.75 Å². The number of benzene rings is 1. The van der Waals surface area contributed by atoms with Crippen LogP contribution in [0, 0.1) is 0 Å². The molecule has 43 heavy (non-hydrogen) atoms. The molecule has 14 heteroatoms. The lowest BCUT2D eigenvalue weighted by Gasteiger charge is -2.30. The van der Waals surface area contributed by atoms with Crippen LogP contribution in [0.4, 0.5) is 24.8 Å². The van der Waals surface area contributed by atoms with E-state index < -0.39 is 33.8 Å². The van der Waals surface area contributed by atoms with Crippen LogP contribution in [-0.2, 0) is 33.4 Å². The molecule has 1 atom stereocenters. The fraction of sp³-hybridized carbons (Fsp3) is 0.310. The largest absolute Gasteiger partial charge is 0.488 e. The lowest BCUT2D eigenvalue weighted by Crippen LogP contribution is -2.31. The number of rotatable bonds is 5. The second kappa shape index (κ2) is 9.88. The zero-order valence-corrected chi connectivity index (χ0v) is 23.3. The summed E-state index contributed by atoms with van der Waals surface area (Å²) >= 11 is 0. The molecule has 0 bridgehead atoms. The summed E-state index contributed by atoms with van der Waals surface area (Å²) in [5, 5.41) is 3.48. The monoisotopic (exact) mass is 611 g/mol. The van der Waals surface area contributed by atoms with Crippen LogP contribution < -0.4 is 15.0 Å². The van der Waals surface area contributed by atoms with Gasteiger partial charge in [-0.15, -0.1) is 0 Å². The number of sulfone groups is 1. The standard InChI is InChI=1S/C29H24F3N5O5S/c30-28(16-29(28,31)32)24-5-4-22-26(36-24)37(7-8-42-22)25-6-3-18-13-33-20(12-21(18)35-25)14-34-27(38)17-1-2-19-15-41-9-10-43(39,40)23(19)11-17/h1-6,11-13H,7-10,14-16H2,(H,34,38). The van der Waals surface area contributed by atoms with E-state index in [1.54, 1.807) is 41.4 Å². The molecule has 5 heterocycles. The van der Waals surface area contributed by atoms with Gasteiger partial charge in [0.05, 0.1) is 60.3 Å². The van der Waals surface area contributed by atoms with Crippen molar-refractivity contribution in [2.75, 3.05) is 30.4 Å². The number of fused-ring (bicyclic) bond motifs is 3. The third-order valence-corrected chi connectivity index (χ3v) is 9.49. The number of anilines is 2. The van der Waals surface area contributed by atoms with Gasteiger partial charge in [-0.1, -0.05) is 6.07 Å². The summed E-state index contributed by atoms with van der Waals surface area (Å²) in [5.41, 5.74) is -1.39. The van der Waals surface area contributed by atoms with E-state index in [0.29, 0.717) is 40.3 Å². The van der Waals surface area contributed by atoms with Gasteiger partial charge >= 0.3 is 0 Å². The van der Waals surface area contributed by atoms with Gasteiger partial charge in [0.2, 0.25) is 5.67 Å². The quantitative estimate of drug-likeness (QED) is 0.357. The molecule has 3 aromatic heterocycles. The van der Waals surface area contributed by atoms with Crippen molar-refractivity contribution < 1.29 is 35.9 Å². The zero-order chi connectivity index (χ0) is 30.0. The number of hydrogen-bond acceptors (Lipinski definition) is 9.